The van der Waals surface area contributed by atoms with Crippen molar-refractivity contribution in [2.75, 3.05) is 27.2 Å². The number of aliphatic imine (C=N–C) groups is 1. The van der Waals surface area contributed by atoms with Gasteiger partial charge in [-0.1, -0.05) is 24.3 Å². The van der Waals surface area contributed by atoms with Gasteiger partial charge >= 0.3 is 0 Å². The molecule has 0 saturated carbocycles. The molecule has 0 aliphatic heterocycles. The van der Waals surface area contributed by atoms with Crippen LogP contribution in [0.15, 0.2) is 47.4 Å². The molecule has 0 fully saturated rings. The predicted octanol–water partition coefficient (Wildman–Crippen LogP) is 4.68. The minimum atomic E-state index is -0.240. The number of hydrogen-bond donors (Lipinski definition) is 0. The second-order valence-electron chi connectivity index (χ2n) is 5.38. The smallest absolute Gasteiger partial charge is 0.141 e. The molecule has 0 amide bonds. The van der Waals surface area contributed by atoms with Crippen molar-refractivity contribution in [2.45, 2.75) is 13.8 Å². The number of likely N-dealkylation sites (N-methyl/N-ethyl adjacent to an activating group) is 2. The summed E-state index contributed by atoms with van der Waals surface area (Å²) in [7, 11) is 3.75. The van der Waals surface area contributed by atoms with Crippen LogP contribution in [-0.4, -0.2) is 48.7 Å². The van der Waals surface area contributed by atoms with Gasteiger partial charge in [0.05, 0.1) is 11.4 Å². The van der Waals surface area contributed by atoms with Crippen molar-refractivity contribution in [1.82, 2.24) is 14.8 Å². The van der Waals surface area contributed by atoms with Crippen LogP contribution in [0, 0.1) is 0 Å². The van der Waals surface area contributed by atoms with Crippen LogP contribution in [0.4, 0.5) is 10.1 Å². The molecule has 1 heterocycles. The average molecular weight is 351 g/mol. The van der Waals surface area contributed by atoms with E-state index in [1.54, 1.807) is 32.1 Å². The van der Waals surface area contributed by atoms with Crippen LogP contribution >= 0.6 is 11.6 Å². The Balaban J connectivity index is 2.80. The van der Waals surface area contributed by atoms with Crippen LogP contribution in [0.25, 0.3) is 5.70 Å². The first kappa shape index (κ1) is 19.9. The fourth-order valence-electron chi connectivity index (χ4n) is 2.00. The molecule has 1 rings (SSSR count). The summed E-state index contributed by atoms with van der Waals surface area (Å²) in [6.45, 7) is 12.4. The van der Waals surface area contributed by atoms with Gasteiger partial charge in [-0.15, -0.1) is 0 Å². The Hall–Kier alpha value is -2.14. The topological polar surface area (TPSA) is 31.7 Å². The Bertz CT molecular complexity index is 667. The van der Waals surface area contributed by atoms with E-state index in [4.69, 9.17) is 11.6 Å². The molecule has 0 aromatic carbocycles. The number of nitrogens with zero attached hydrogens (tertiary/aromatic N) is 4. The number of halogens is 2. The molecule has 0 aliphatic carbocycles. The van der Waals surface area contributed by atoms with Crippen molar-refractivity contribution in [3.05, 3.63) is 53.2 Å². The molecular formula is C18H24ClFN4. The first-order chi connectivity index (χ1) is 11.3. The van der Waals surface area contributed by atoms with Crippen LogP contribution in [0.1, 0.15) is 19.5 Å². The molecule has 0 N–H and O–H groups in total. The van der Waals surface area contributed by atoms with E-state index in [9.17, 15) is 4.39 Å². The Morgan fingerprint density at radius 2 is 1.96 bits per heavy atom. The van der Waals surface area contributed by atoms with Gasteiger partial charge in [0.25, 0.3) is 0 Å². The summed E-state index contributed by atoms with van der Waals surface area (Å²) < 4.78 is 13.8. The molecule has 4 nitrogen and oxygen atoms in total. The molecule has 0 radical (unpaired) electrons. The molecule has 130 valence electrons. The molecule has 6 heteroatoms. The third-order valence-electron chi connectivity index (χ3n) is 3.75. The fraction of sp³-hybridized carbons (Fsp3) is 0.333. The molecule has 0 bridgehead atoms. The van der Waals surface area contributed by atoms with Crippen LogP contribution in [0.5, 0.6) is 0 Å². The number of hydrogen-bond acceptors (Lipinski definition) is 4. The van der Waals surface area contributed by atoms with E-state index >= 15 is 0 Å². The Labute approximate surface area is 148 Å². The van der Waals surface area contributed by atoms with Gasteiger partial charge in [-0.2, -0.15) is 0 Å². The normalized spacial score (nSPS) is 12.1. The van der Waals surface area contributed by atoms with Crippen molar-refractivity contribution in [1.29, 1.82) is 0 Å². The highest BCUT2D eigenvalue weighted by Crippen LogP contribution is 2.26. The maximum Gasteiger partial charge on any atom is 0.141 e. The quantitative estimate of drug-likeness (QED) is 0.387. The zero-order valence-electron chi connectivity index (χ0n) is 14.7. The van der Waals surface area contributed by atoms with Crippen molar-refractivity contribution in [3.8, 4) is 0 Å². The first-order valence-electron chi connectivity index (χ1n) is 7.55. The molecular weight excluding hydrogens is 327 g/mol. The molecule has 0 unspecified atom stereocenters. The summed E-state index contributed by atoms with van der Waals surface area (Å²) in [5, 5.41) is 0.372. The van der Waals surface area contributed by atoms with E-state index in [1.807, 2.05) is 23.9 Å². The standard InChI is InChI=1S/C18H24ClFN4/c1-7-8-15(20)13(2)23(5)11-12-24(6)14(3)18-16(21-4)9-10-17(19)22-18/h7-10H,3-4,11-12H2,1-2,5-6H3/b8-7-,15-13-. The van der Waals surface area contributed by atoms with E-state index in [-0.39, 0.29) is 5.83 Å². The number of pyridine rings is 1. The minimum absolute atomic E-state index is 0.240. The number of rotatable bonds is 8. The van der Waals surface area contributed by atoms with Gasteiger partial charge in [-0.25, -0.2) is 9.37 Å². The van der Waals surface area contributed by atoms with Gasteiger partial charge in [0.1, 0.15) is 16.7 Å². The molecule has 24 heavy (non-hydrogen) atoms. The monoisotopic (exact) mass is 350 g/mol. The fourth-order valence-corrected chi connectivity index (χ4v) is 2.15. The highest BCUT2D eigenvalue weighted by atomic mass is 35.5. The lowest BCUT2D eigenvalue weighted by Crippen LogP contribution is -2.29. The molecule has 0 aliphatic rings. The molecule has 1 aromatic heterocycles. The summed E-state index contributed by atoms with van der Waals surface area (Å²) in [4.78, 5) is 12.0. The van der Waals surface area contributed by atoms with Crippen LogP contribution in [-0.2, 0) is 0 Å². The maximum absolute atomic E-state index is 13.8. The van der Waals surface area contributed by atoms with Crippen molar-refractivity contribution in [2.24, 2.45) is 4.99 Å². The van der Waals surface area contributed by atoms with E-state index in [0.29, 0.717) is 41.0 Å². The largest absolute Gasteiger partial charge is 0.374 e. The lowest BCUT2D eigenvalue weighted by Gasteiger charge is -2.27. The second kappa shape index (κ2) is 9.23. The lowest BCUT2D eigenvalue weighted by molar-refractivity contribution is 0.347. The zero-order valence-corrected chi connectivity index (χ0v) is 15.4. The van der Waals surface area contributed by atoms with Gasteiger partial charge in [0, 0.05) is 32.9 Å². The lowest BCUT2D eigenvalue weighted by atomic mass is 10.2. The Morgan fingerprint density at radius 1 is 1.33 bits per heavy atom. The van der Waals surface area contributed by atoms with E-state index in [2.05, 4.69) is 23.3 Å². The van der Waals surface area contributed by atoms with Gasteiger partial charge < -0.3 is 9.80 Å². The van der Waals surface area contributed by atoms with Gasteiger partial charge in [-0.3, -0.25) is 4.99 Å². The second-order valence-corrected chi connectivity index (χ2v) is 5.77. The highest BCUT2D eigenvalue weighted by molar-refractivity contribution is 6.29. The number of allylic oxidation sites excluding steroid dienone is 4. The summed E-state index contributed by atoms with van der Waals surface area (Å²) in [5.41, 5.74) is 2.49. The summed E-state index contributed by atoms with van der Waals surface area (Å²) in [5.74, 6) is -0.240. The average Bonchev–Trinajstić information content (AvgIpc) is 2.58. The highest BCUT2D eigenvalue weighted by Gasteiger charge is 2.13. The maximum atomic E-state index is 13.8. The Morgan fingerprint density at radius 3 is 2.54 bits per heavy atom. The summed E-state index contributed by atoms with van der Waals surface area (Å²) in [6.07, 6.45) is 3.13. The van der Waals surface area contributed by atoms with Crippen LogP contribution in [0.3, 0.4) is 0 Å². The van der Waals surface area contributed by atoms with Crippen molar-refractivity contribution in [3.63, 3.8) is 0 Å². The van der Waals surface area contributed by atoms with Crippen molar-refractivity contribution < 1.29 is 4.39 Å². The molecule has 1 aromatic rings. The van der Waals surface area contributed by atoms with Gasteiger partial charge in [0.15, 0.2) is 0 Å². The van der Waals surface area contributed by atoms with Crippen molar-refractivity contribution >= 4 is 29.7 Å². The predicted molar refractivity (Wildman–Crippen MR) is 101 cm³/mol. The Kier molecular flexibility index (Phi) is 7.65. The summed E-state index contributed by atoms with van der Waals surface area (Å²) >= 11 is 5.96. The summed E-state index contributed by atoms with van der Waals surface area (Å²) in [6, 6.07) is 3.41. The first-order valence-corrected chi connectivity index (χ1v) is 7.93. The van der Waals surface area contributed by atoms with Crippen LogP contribution < -0.4 is 0 Å². The molecule has 0 saturated heterocycles. The van der Waals surface area contributed by atoms with E-state index in [0.717, 1.165) is 0 Å². The molecule has 0 atom stereocenters. The van der Waals surface area contributed by atoms with E-state index in [1.165, 1.54) is 6.08 Å². The van der Waals surface area contributed by atoms with E-state index < -0.39 is 0 Å². The minimum Gasteiger partial charge on any atom is -0.374 e. The van der Waals surface area contributed by atoms with Gasteiger partial charge in [-0.05, 0) is 38.8 Å². The SMILES string of the molecule is C=Nc1ccc(Cl)nc1C(=C)N(C)CCN(C)/C(C)=C(F)/C=C\C. The third kappa shape index (κ3) is 5.20. The molecule has 0 spiro atoms. The third-order valence-corrected chi connectivity index (χ3v) is 3.96. The van der Waals surface area contributed by atoms with Gasteiger partial charge in [0.2, 0.25) is 0 Å². The van der Waals surface area contributed by atoms with Crippen LogP contribution in [0.2, 0.25) is 5.15 Å². The number of aromatic nitrogens is 1. The zero-order chi connectivity index (χ0) is 18.3.